The zero-order valence-corrected chi connectivity index (χ0v) is 7.64. The van der Waals surface area contributed by atoms with Crippen LogP contribution in [-0.2, 0) is 17.1 Å². The Balaban J connectivity index is 0. The van der Waals surface area contributed by atoms with Crippen LogP contribution < -0.4 is 0 Å². The van der Waals surface area contributed by atoms with Crippen molar-refractivity contribution in [2.24, 2.45) is 0 Å². The van der Waals surface area contributed by atoms with Crippen LogP contribution >= 0.6 is 0 Å². The van der Waals surface area contributed by atoms with Crippen LogP contribution in [0.2, 0.25) is 0 Å². The fourth-order valence-corrected chi connectivity index (χ4v) is 0.866. The van der Waals surface area contributed by atoms with Crippen LogP contribution in [0.1, 0.15) is 45.4 Å². The molecule has 0 aromatic rings. The van der Waals surface area contributed by atoms with Gasteiger partial charge in [-0.3, -0.25) is 6.08 Å². The van der Waals surface area contributed by atoms with E-state index in [2.05, 4.69) is 6.92 Å². The summed E-state index contributed by atoms with van der Waals surface area (Å²) in [5, 5.41) is 0. The van der Waals surface area contributed by atoms with Gasteiger partial charge in [-0.2, -0.15) is 0 Å². The average Bonchev–Trinajstić information content (AvgIpc) is 1.89. The molecule has 0 unspecified atom stereocenters. The third kappa shape index (κ3) is 11.1. The van der Waals surface area contributed by atoms with E-state index in [1.54, 1.807) is 6.08 Å². The Morgan fingerprint density at radius 3 is 2.20 bits per heavy atom. The van der Waals surface area contributed by atoms with Gasteiger partial charge in [0.05, 0.1) is 0 Å². The van der Waals surface area contributed by atoms with Crippen LogP contribution in [0.25, 0.3) is 0 Å². The first kappa shape index (κ1) is 12.9. The van der Waals surface area contributed by atoms with E-state index in [0.717, 1.165) is 6.42 Å². The van der Waals surface area contributed by atoms with Gasteiger partial charge in [-0.05, 0) is 0 Å². The van der Waals surface area contributed by atoms with Crippen molar-refractivity contribution in [3.05, 3.63) is 12.7 Å². The van der Waals surface area contributed by atoms with Crippen molar-refractivity contribution in [3.63, 3.8) is 0 Å². The molecule has 0 rings (SSSR count). The van der Waals surface area contributed by atoms with Gasteiger partial charge in [0.2, 0.25) is 0 Å². The SMILES string of the molecule is [CH-]=CCCCCCCC.[Cu+]. The summed E-state index contributed by atoms with van der Waals surface area (Å²) in [5.74, 6) is 0. The van der Waals surface area contributed by atoms with Crippen molar-refractivity contribution in [1.82, 2.24) is 0 Å². The number of hydrogen-bond acceptors (Lipinski definition) is 0. The third-order valence-electron chi connectivity index (χ3n) is 1.47. The Bertz CT molecular complexity index is 59.7. The summed E-state index contributed by atoms with van der Waals surface area (Å²) in [5.41, 5.74) is 0. The summed E-state index contributed by atoms with van der Waals surface area (Å²) in [6, 6.07) is 0. The second-order valence-corrected chi connectivity index (χ2v) is 2.44. The molecule has 64 valence electrons. The minimum atomic E-state index is 0. The van der Waals surface area contributed by atoms with Crippen molar-refractivity contribution in [3.8, 4) is 0 Å². The number of hydrogen-bond donors (Lipinski definition) is 0. The zero-order valence-electron chi connectivity index (χ0n) is 6.70. The van der Waals surface area contributed by atoms with Crippen LogP contribution in [-0.4, -0.2) is 0 Å². The molecular weight excluding hydrogens is 172 g/mol. The Morgan fingerprint density at radius 2 is 1.70 bits per heavy atom. The fourth-order valence-electron chi connectivity index (χ4n) is 0.866. The first-order valence-corrected chi connectivity index (χ1v) is 3.95. The second-order valence-electron chi connectivity index (χ2n) is 2.44. The molecule has 0 nitrogen and oxygen atoms in total. The maximum atomic E-state index is 5.22. The van der Waals surface area contributed by atoms with Gasteiger partial charge >= 0.3 is 17.1 Å². The predicted octanol–water partition coefficient (Wildman–Crippen LogP) is 3.33. The largest absolute Gasteiger partial charge is 1.00 e. The average molecular weight is 189 g/mol. The summed E-state index contributed by atoms with van der Waals surface area (Å²) >= 11 is 0. The van der Waals surface area contributed by atoms with Crippen molar-refractivity contribution >= 4 is 0 Å². The van der Waals surface area contributed by atoms with Gasteiger partial charge in [-0.15, -0.1) is 0 Å². The summed E-state index contributed by atoms with van der Waals surface area (Å²) in [6.45, 7) is 7.45. The van der Waals surface area contributed by atoms with E-state index in [0.29, 0.717) is 0 Å². The quantitative estimate of drug-likeness (QED) is 0.341. The minimum absolute atomic E-state index is 0. The van der Waals surface area contributed by atoms with E-state index in [-0.39, 0.29) is 17.1 Å². The van der Waals surface area contributed by atoms with Crippen molar-refractivity contribution in [2.45, 2.75) is 45.4 Å². The molecule has 0 fully saturated rings. The van der Waals surface area contributed by atoms with Crippen molar-refractivity contribution in [2.75, 3.05) is 0 Å². The van der Waals surface area contributed by atoms with Crippen LogP contribution in [0.3, 0.4) is 0 Å². The summed E-state index contributed by atoms with van der Waals surface area (Å²) < 4.78 is 0. The van der Waals surface area contributed by atoms with Crippen LogP contribution in [0, 0.1) is 6.58 Å². The van der Waals surface area contributed by atoms with Crippen LogP contribution in [0.4, 0.5) is 0 Å². The molecule has 10 heavy (non-hydrogen) atoms. The normalized spacial score (nSPS) is 8.50. The molecule has 0 radical (unpaired) electrons. The molecule has 1 heteroatoms. The molecule has 0 N–H and O–H groups in total. The Labute approximate surface area is 75.6 Å². The maximum absolute atomic E-state index is 5.22. The van der Waals surface area contributed by atoms with E-state index in [1.165, 1.54) is 32.1 Å². The topological polar surface area (TPSA) is 0 Å². The van der Waals surface area contributed by atoms with Gasteiger partial charge in [0, 0.05) is 0 Å². The first-order valence-electron chi connectivity index (χ1n) is 3.95. The first-order chi connectivity index (χ1) is 4.41. The molecule has 0 atom stereocenters. The summed E-state index contributed by atoms with van der Waals surface area (Å²) in [7, 11) is 0. The molecule has 0 heterocycles. The molecule has 0 aromatic heterocycles. The van der Waals surface area contributed by atoms with Crippen molar-refractivity contribution < 1.29 is 17.1 Å². The Kier molecular flexibility index (Phi) is 15.5. The Morgan fingerprint density at radius 1 is 1.10 bits per heavy atom. The molecule has 0 aliphatic heterocycles. The molecule has 0 bridgehead atoms. The molecule has 0 spiro atoms. The van der Waals surface area contributed by atoms with Gasteiger partial charge < -0.3 is 6.58 Å². The Hall–Kier alpha value is 0.259. The second kappa shape index (κ2) is 12.0. The number of rotatable bonds is 6. The molecule has 0 saturated heterocycles. The van der Waals surface area contributed by atoms with Crippen molar-refractivity contribution in [1.29, 1.82) is 0 Å². The third-order valence-corrected chi connectivity index (χ3v) is 1.47. The van der Waals surface area contributed by atoms with Gasteiger partial charge in [-0.25, -0.2) is 0 Å². The van der Waals surface area contributed by atoms with Gasteiger partial charge in [0.15, 0.2) is 0 Å². The van der Waals surface area contributed by atoms with E-state index < -0.39 is 0 Å². The molecule has 0 aliphatic rings. The fraction of sp³-hybridized carbons (Fsp3) is 0.778. The monoisotopic (exact) mass is 188 g/mol. The number of allylic oxidation sites excluding steroid dienone is 1. The number of unbranched alkanes of at least 4 members (excludes halogenated alkanes) is 5. The van der Waals surface area contributed by atoms with Gasteiger partial charge in [-0.1, -0.05) is 45.4 Å². The molecule has 0 aliphatic carbocycles. The molecule has 0 aromatic carbocycles. The van der Waals surface area contributed by atoms with Gasteiger partial charge in [0.25, 0.3) is 0 Å². The van der Waals surface area contributed by atoms with E-state index in [4.69, 9.17) is 6.58 Å². The zero-order chi connectivity index (χ0) is 6.95. The molecular formula is C9H17Cu. The smallest absolute Gasteiger partial charge is 0.518 e. The summed E-state index contributed by atoms with van der Waals surface area (Å²) in [6.07, 6.45) is 9.55. The standard InChI is InChI=1S/C9H17.Cu/c1-3-5-7-9-8-6-4-2;/h1,3H,4-9H2,2H3;/q-1;+1. The van der Waals surface area contributed by atoms with E-state index in [9.17, 15) is 0 Å². The van der Waals surface area contributed by atoms with Crippen LogP contribution in [0.15, 0.2) is 6.08 Å². The van der Waals surface area contributed by atoms with Gasteiger partial charge in [0.1, 0.15) is 0 Å². The predicted molar refractivity (Wildman–Crippen MR) is 42.2 cm³/mol. The minimum Gasteiger partial charge on any atom is -0.518 e. The van der Waals surface area contributed by atoms with E-state index >= 15 is 0 Å². The molecule has 0 saturated carbocycles. The molecule has 0 amide bonds. The summed E-state index contributed by atoms with van der Waals surface area (Å²) in [4.78, 5) is 0. The van der Waals surface area contributed by atoms with Crippen LogP contribution in [0.5, 0.6) is 0 Å². The maximum Gasteiger partial charge on any atom is 1.00 e. The van der Waals surface area contributed by atoms with E-state index in [1.807, 2.05) is 0 Å².